The highest BCUT2D eigenvalue weighted by Gasteiger charge is 2.17. The molecule has 0 aliphatic heterocycles. The lowest BCUT2D eigenvalue weighted by molar-refractivity contribution is 0.0476. The molecule has 4 rings (SSSR count). The van der Waals surface area contributed by atoms with Gasteiger partial charge in [0.15, 0.2) is 12.4 Å². The summed E-state index contributed by atoms with van der Waals surface area (Å²) in [5.41, 5.74) is 3.20. The molecule has 0 atom stereocenters. The Labute approximate surface area is 181 Å². The summed E-state index contributed by atoms with van der Waals surface area (Å²) in [5.74, 6) is -0.783. The molecule has 4 aromatic rings. The van der Waals surface area contributed by atoms with E-state index in [-0.39, 0.29) is 12.4 Å². The predicted molar refractivity (Wildman–Crippen MR) is 121 cm³/mol. The third-order valence-corrected chi connectivity index (χ3v) is 5.23. The van der Waals surface area contributed by atoms with E-state index in [9.17, 15) is 9.59 Å². The highest BCUT2D eigenvalue weighted by Crippen LogP contribution is 2.26. The van der Waals surface area contributed by atoms with Gasteiger partial charge in [-0.15, -0.1) is 0 Å². The molecule has 0 radical (unpaired) electrons. The number of para-hydroxylation sites is 1. The number of rotatable bonds is 5. The van der Waals surface area contributed by atoms with Crippen LogP contribution in [0.25, 0.3) is 22.2 Å². The normalized spacial score (nSPS) is 10.7. The molecular formula is C24H16INO3. The number of hydrogen-bond acceptors (Lipinski definition) is 4. The van der Waals surface area contributed by atoms with Gasteiger partial charge in [-0.2, -0.15) is 0 Å². The minimum absolute atomic E-state index is 0.241. The van der Waals surface area contributed by atoms with E-state index in [0.717, 1.165) is 9.13 Å². The SMILES string of the molecule is O=C(COC(=O)c1cc(-c2ccc(I)cc2)nc2ccccc12)c1ccccc1. The maximum atomic E-state index is 12.8. The molecule has 0 spiro atoms. The van der Waals surface area contributed by atoms with E-state index in [0.29, 0.717) is 27.7 Å². The second kappa shape index (κ2) is 8.53. The lowest BCUT2D eigenvalue weighted by Crippen LogP contribution is -2.14. The van der Waals surface area contributed by atoms with Crippen LogP contribution in [0.1, 0.15) is 20.7 Å². The van der Waals surface area contributed by atoms with Gasteiger partial charge in [-0.25, -0.2) is 9.78 Å². The molecule has 0 aliphatic carbocycles. The number of carbonyl (C=O) groups excluding carboxylic acids is 2. The average Bonchev–Trinajstić information content (AvgIpc) is 2.77. The van der Waals surface area contributed by atoms with Crippen LogP contribution in [0.3, 0.4) is 0 Å². The zero-order valence-electron chi connectivity index (χ0n) is 15.3. The maximum absolute atomic E-state index is 12.8. The van der Waals surface area contributed by atoms with Gasteiger partial charge in [0, 0.05) is 20.1 Å². The van der Waals surface area contributed by atoms with Crippen molar-refractivity contribution in [1.29, 1.82) is 0 Å². The highest BCUT2D eigenvalue weighted by molar-refractivity contribution is 14.1. The average molecular weight is 493 g/mol. The number of halogens is 1. The summed E-state index contributed by atoms with van der Waals surface area (Å²) < 4.78 is 6.46. The quantitative estimate of drug-likeness (QED) is 0.208. The molecule has 1 heterocycles. The first-order valence-corrected chi connectivity index (χ1v) is 10.1. The number of ether oxygens (including phenoxy) is 1. The van der Waals surface area contributed by atoms with Gasteiger partial charge >= 0.3 is 5.97 Å². The molecule has 0 aliphatic rings. The summed E-state index contributed by atoms with van der Waals surface area (Å²) in [6.07, 6.45) is 0. The summed E-state index contributed by atoms with van der Waals surface area (Å²) in [7, 11) is 0. The first-order chi connectivity index (χ1) is 14.1. The molecule has 0 saturated heterocycles. The van der Waals surface area contributed by atoms with Crippen molar-refractivity contribution >= 4 is 45.2 Å². The number of esters is 1. The monoisotopic (exact) mass is 493 g/mol. The van der Waals surface area contributed by atoms with Crippen LogP contribution in [-0.4, -0.2) is 23.3 Å². The van der Waals surface area contributed by atoms with Gasteiger partial charge in [-0.05, 0) is 46.9 Å². The van der Waals surface area contributed by atoms with Gasteiger partial charge in [0.1, 0.15) is 0 Å². The zero-order chi connectivity index (χ0) is 20.2. The van der Waals surface area contributed by atoms with Crippen molar-refractivity contribution in [2.45, 2.75) is 0 Å². The molecule has 0 saturated carbocycles. The number of benzene rings is 3. The van der Waals surface area contributed by atoms with Gasteiger partial charge in [0.05, 0.1) is 16.8 Å². The lowest BCUT2D eigenvalue weighted by atomic mass is 10.0. The number of Topliss-reactive ketones (excluding diaryl/α,β-unsaturated/α-hetero) is 1. The number of nitrogens with zero attached hydrogens (tertiary/aromatic N) is 1. The Hall–Kier alpha value is -3.06. The van der Waals surface area contributed by atoms with Gasteiger partial charge < -0.3 is 4.74 Å². The van der Waals surface area contributed by atoms with E-state index in [4.69, 9.17) is 4.74 Å². The van der Waals surface area contributed by atoms with Crippen LogP contribution in [0, 0.1) is 3.57 Å². The first-order valence-electron chi connectivity index (χ1n) is 9.03. The van der Waals surface area contributed by atoms with Gasteiger partial charge in [-0.3, -0.25) is 4.79 Å². The molecule has 0 fully saturated rings. The van der Waals surface area contributed by atoms with Crippen molar-refractivity contribution in [3.05, 3.63) is 99.6 Å². The van der Waals surface area contributed by atoms with Crippen LogP contribution in [0.15, 0.2) is 84.9 Å². The second-order valence-electron chi connectivity index (χ2n) is 6.44. The van der Waals surface area contributed by atoms with E-state index >= 15 is 0 Å². The van der Waals surface area contributed by atoms with Crippen LogP contribution in [-0.2, 0) is 4.74 Å². The molecule has 5 heteroatoms. The molecule has 0 amide bonds. The fraction of sp³-hybridized carbons (Fsp3) is 0.0417. The Bertz CT molecular complexity index is 1190. The van der Waals surface area contributed by atoms with Gasteiger partial charge in [0.2, 0.25) is 0 Å². The largest absolute Gasteiger partial charge is 0.454 e. The number of aromatic nitrogens is 1. The standard InChI is InChI=1S/C24H16INO3/c25-18-12-10-16(11-13-18)22-14-20(19-8-4-5-9-21(19)26-22)24(28)29-15-23(27)17-6-2-1-3-7-17/h1-14H,15H2. The first kappa shape index (κ1) is 19.3. The van der Waals surface area contributed by atoms with Crippen molar-refractivity contribution in [1.82, 2.24) is 4.98 Å². The van der Waals surface area contributed by atoms with E-state index in [1.54, 1.807) is 30.3 Å². The molecule has 3 aromatic carbocycles. The van der Waals surface area contributed by atoms with Gasteiger partial charge in [0.25, 0.3) is 0 Å². The summed E-state index contributed by atoms with van der Waals surface area (Å²) in [5, 5.41) is 0.693. The van der Waals surface area contributed by atoms with Crippen LogP contribution < -0.4 is 0 Å². The Morgan fingerprint density at radius 3 is 2.31 bits per heavy atom. The van der Waals surface area contributed by atoms with E-state index in [1.165, 1.54) is 0 Å². The topological polar surface area (TPSA) is 56.3 Å². The molecule has 1 aromatic heterocycles. The number of carbonyl (C=O) groups is 2. The van der Waals surface area contributed by atoms with E-state index in [1.807, 2.05) is 54.6 Å². The molecule has 0 N–H and O–H groups in total. The van der Waals surface area contributed by atoms with Crippen LogP contribution in [0.2, 0.25) is 0 Å². The van der Waals surface area contributed by atoms with Crippen molar-refractivity contribution in [2.24, 2.45) is 0 Å². The fourth-order valence-corrected chi connectivity index (χ4v) is 3.39. The fourth-order valence-electron chi connectivity index (χ4n) is 3.03. The summed E-state index contributed by atoms with van der Waals surface area (Å²) in [4.78, 5) is 29.8. The third kappa shape index (κ3) is 4.35. The summed E-state index contributed by atoms with van der Waals surface area (Å²) >= 11 is 2.24. The predicted octanol–water partition coefficient (Wildman–Crippen LogP) is 5.55. The maximum Gasteiger partial charge on any atom is 0.339 e. The van der Waals surface area contributed by atoms with Crippen LogP contribution in [0.4, 0.5) is 0 Å². The third-order valence-electron chi connectivity index (χ3n) is 4.51. The van der Waals surface area contributed by atoms with E-state index < -0.39 is 5.97 Å². The Morgan fingerprint density at radius 1 is 0.862 bits per heavy atom. The summed E-state index contributed by atoms with van der Waals surface area (Å²) in [6, 6.07) is 25.8. The molecule has 142 valence electrons. The zero-order valence-corrected chi connectivity index (χ0v) is 17.5. The number of fused-ring (bicyclic) bond motifs is 1. The lowest BCUT2D eigenvalue weighted by Gasteiger charge is -2.10. The van der Waals surface area contributed by atoms with Crippen molar-refractivity contribution < 1.29 is 14.3 Å². The number of hydrogen-bond donors (Lipinski definition) is 0. The summed E-state index contributed by atoms with van der Waals surface area (Å²) in [6.45, 7) is -0.307. The van der Waals surface area contributed by atoms with Crippen LogP contribution in [0.5, 0.6) is 0 Å². The molecular weight excluding hydrogens is 477 g/mol. The Balaban J connectivity index is 1.65. The van der Waals surface area contributed by atoms with Crippen LogP contribution >= 0.6 is 22.6 Å². The molecule has 0 bridgehead atoms. The molecule has 29 heavy (non-hydrogen) atoms. The molecule has 4 nitrogen and oxygen atoms in total. The minimum atomic E-state index is -0.542. The second-order valence-corrected chi connectivity index (χ2v) is 7.69. The Kier molecular flexibility index (Phi) is 5.67. The van der Waals surface area contributed by atoms with Gasteiger partial charge in [-0.1, -0.05) is 60.7 Å². The van der Waals surface area contributed by atoms with Crippen molar-refractivity contribution in [3.8, 4) is 11.3 Å². The smallest absolute Gasteiger partial charge is 0.339 e. The molecule has 0 unspecified atom stereocenters. The van der Waals surface area contributed by atoms with Crippen molar-refractivity contribution in [3.63, 3.8) is 0 Å². The van der Waals surface area contributed by atoms with Crippen molar-refractivity contribution in [2.75, 3.05) is 6.61 Å². The number of pyridine rings is 1. The number of ketones is 1. The Morgan fingerprint density at radius 2 is 1.55 bits per heavy atom. The van der Waals surface area contributed by atoms with E-state index in [2.05, 4.69) is 27.6 Å². The highest BCUT2D eigenvalue weighted by atomic mass is 127. The minimum Gasteiger partial charge on any atom is -0.454 e.